The Morgan fingerprint density at radius 1 is 1.10 bits per heavy atom. The normalized spacial score (nSPS) is 11.6. The minimum atomic E-state index is -1.07. The summed E-state index contributed by atoms with van der Waals surface area (Å²) < 4.78 is 21.4. The number of carbonyl (C=O) groups is 2. The van der Waals surface area contributed by atoms with Gasteiger partial charge in [0, 0.05) is 12.1 Å². The van der Waals surface area contributed by atoms with Crippen molar-refractivity contribution in [2.45, 2.75) is 46.0 Å². The molecule has 0 heterocycles. The molecule has 1 atom stereocenters. The molecular formula is C23H29NO7. The third kappa shape index (κ3) is 7.82. The van der Waals surface area contributed by atoms with Crippen LogP contribution < -0.4 is 14.8 Å². The molecule has 2 N–H and O–H groups in total. The van der Waals surface area contributed by atoms with E-state index in [-0.39, 0.29) is 19.1 Å². The Balaban J connectivity index is 2.01. The number of carboxylic acids is 1. The number of benzene rings is 2. The molecule has 1 amide bonds. The Kier molecular flexibility index (Phi) is 9.14. The van der Waals surface area contributed by atoms with E-state index >= 15 is 0 Å². The summed E-state index contributed by atoms with van der Waals surface area (Å²) in [7, 11) is 1.50. The zero-order valence-electron chi connectivity index (χ0n) is 18.2. The Morgan fingerprint density at radius 2 is 1.81 bits per heavy atom. The van der Waals surface area contributed by atoms with Crippen LogP contribution in [0.2, 0.25) is 0 Å². The van der Waals surface area contributed by atoms with Gasteiger partial charge in [-0.05, 0) is 62.2 Å². The van der Waals surface area contributed by atoms with Gasteiger partial charge in [0.1, 0.15) is 18.1 Å². The number of hydrogen-bond acceptors (Lipinski definition) is 6. The fourth-order valence-corrected chi connectivity index (χ4v) is 2.89. The summed E-state index contributed by atoms with van der Waals surface area (Å²) in [5.74, 6) is 0.193. The molecular weight excluding hydrogens is 402 g/mol. The summed E-state index contributed by atoms with van der Waals surface area (Å²) in [5.41, 5.74) is 1.88. The fourth-order valence-electron chi connectivity index (χ4n) is 2.89. The SMILES string of the molecule is CCOc1ccc(COC(=O)Nc2ccc(OC)c(CC(OC(C)C)C(=O)O)c2)cc1. The summed E-state index contributed by atoms with van der Waals surface area (Å²) in [5, 5.41) is 12.1. The number of aliphatic carboxylic acids is 1. The van der Waals surface area contributed by atoms with Gasteiger partial charge >= 0.3 is 12.1 Å². The molecule has 0 aliphatic carbocycles. The van der Waals surface area contributed by atoms with Crippen molar-refractivity contribution in [3.8, 4) is 11.5 Å². The van der Waals surface area contributed by atoms with E-state index in [4.69, 9.17) is 18.9 Å². The quantitative estimate of drug-likeness (QED) is 0.548. The van der Waals surface area contributed by atoms with Crippen molar-refractivity contribution in [3.63, 3.8) is 0 Å². The average Bonchev–Trinajstić information content (AvgIpc) is 2.73. The summed E-state index contributed by atoms with van der Waals surface area (Å²) in [4.78, 5) is 23.7. The number of ether oxygens (including phenoxy) is 4. The first-order chi connectivity index (χ1) is 14.8. The minimum absolute atomic E-state index is 0.0907. The number of rotatable bonds is 11. The number of hydrogen-bond donors (Lipinski definition) is 2. The van der Waals surface area contributed by atoms with Gasteiger partial charge in [0.05, 0.1) is 19.8 Å². The van der Waals surface area contributed by atoms with Crippen LogP contribution in [-0.4, -0.2) is 43.1 Å². The van der Waals surface area contributed by atoms with Gasteiger partial charge in [-0.3, -0.25) is 5.32 Å². The van der Waals surface area contributed by atoms with Crippen LogP contribution in [0.15, 0.2) is 42.5 Å². The second-order valence-electron chi connectivity index (χ2n) is 7.02. The van der Waals surface area contributed by atoms with Crippen LogP contribution in [0, 0.1) is 0 Å². The molecule has 0 aliphatic rings. The highest BCUT2D eigenvalue weighted by Crippen LogP contribution is 2.25. The minimum Gasteiger partial charge on any atom is -0.496 e. The van der Waals surface area contributed by atoms with E-state index < -0.39 is 18.2 Å². The van der Waals surface area contributed by atoms with Crippen molar-refractivity contribution in [2.24, 2.45) is 0 Å². The lowest BCUT2D eigenvalue weighted by molar-refractivity contribution is -0.153. The highest BCUT2D eigenvalue weighted by Gasteiger charge is 2.22. The molecule has 1 unspecified atom stereocenters. The van der Waals surface area contributed by atoms with E-state index in [2.05, 4.69) is 5.32 Å². The number of methoxy groups -OCH3 is 1. The van der Waals surface area contributed by atoms with E-state index in [1.54, 1.807) is 32.0 Å². The first kappa shape index (κ1) is 24.0. The molecule has 2 aromatic rings. The third-order valence-electron chi connectivity index (χ3n) is 4.25. The molecule has 2 aromatic carbocycles. The van der Waals surface area contributed by atoms with Gasteiger partial charge in [-0.2, -0.15) is 0 Å². The van der Waals surface area contributed by atoms with Crippen LogP contribution in [0.5, 0.6) is 11.5 Å². The molecule has 8 nitrogen and oxygen atoms in total. The summed E-state index contributed by atoms with van der Waals surface area (Å²) in [6.07, 6.45) is -1.81. The maximum absolute atomic E-state index is 12.2. The standard InChI is InChI=1S/C23H29NO7/c1-5-29-19-9-6-16(7-10-19)14-30-23(27)24-18-8-11-20(28-4)17(12-18)13-21(22(25)26)31-15(2)3/h6-12,15,21H,5,13-14H2,1-4H3,(H,24,27)(H,25,26). The van der Waals surface area contributed by atoms with Crippen LogP contribution in [0.25, 0.3) is 0 Å². The van der Waals surface area contributed by atoms with Crippen LogP contribution in [-0.2, 0) is 27.3 Å². The first-order valence-corrected chi connectivity index (χ1v) is 10.0. The van der Waals surface area contributed by atoms with Crippen LogP contribution in [0.1, 0.15) is 31.9 Å². The lowest BCUT2D eigenvalue weighted by Gasteiger charge is -2.18. The molecule has 0 saturated heterocycles. The molecule has 0 saturated carbocycles. The highest BCUT2D eigenvalue weighted by atomic mass is 16.5. The van der Waals surface area contributed by atoms with Crippen LogP contribution in [0.4, 0.5) is 10.5 Å². The van der Waals surface area contributed by atoms with Gasteiger partial charge in [-0.25, -0.2) is 9.59 Å². The molecule has 0 aromatic heterocycles. The Hall–Kier alpha value is -3.26. The third-order valence-corrected chi connectivity index (χ3v) is 4.25. The molecule has 2 rings (SSSR count). The summed E-state index contributed by atoms with van der Waals surface area (Å²) in [6, 6.07) is 12.2. The largest absolute Gasteiger partial charge is 0.496 e. The smallest absolute Gasteiger partial charge is 0.411 e. The molecule has 31 heavy (non-hydrogen) atoms. The van der Waals surface area contributed by atoms with E-state index in [0.717, 1.165) is 11.3 Å². The Morgan fingerprint density at radius 3 is 2.39 bits per heavy atom. The number of carboxylic acid groups (broad SMARTS) is 1. The van der Waals surface area contributed by atoms with Crippen LogP contribution >= 0.6 is 0 Å². The van der Waals surface area contributed by atoms with Gasteiger partial charge in [0.25, 0.3) is 0 Å². The highest BCUT2D eigenvalue weighted by molar-refractivity contribution is 5.85. The first-order valence-electron chi connectivity index (χ1n) is 10.0. The van der Waals surface area contributed by atoms with Gasteiger partial charge in [-0.1, -0.05) is 12.1 Å². The molecule has 0 aliphatic heterocycles. The molecule has 0 radical (unpaired) electrons. The van der Waals surface area contributed by atoms with Crippen molar-refractivity contribution >= 4 is 17.7 Å². The summed E-state index contributed by atoms with van der Waals surface area (Å²) in [6.45, 7) is 6.13. The molecule has 168 valence electrons. The monoisotopic (exact) mass is 431 g/mol. The van der Waals surface area contributed by atoms with Gasteiger partial charge in [-0.15, -0.1) is 0 Å². The molecule has 0 bridgehead atoms. The molecule has 0 spiro atoms. The molecule has 0 fully saturated rings. The number of anilines is 1. The van der Waals surface area contributed by atoms with E-state index in [9.17, 15) is 14.7 Å². The van der Waals surface area contributed by atoms with Crippen molar-refractivity contribution < 1.29 is 33.6 Å². The number of amides is 1. The maximum atomic E-state index is 12.2. The zero-order chi connectivity index (χ0) is 22.8. The van der Waals surface area contributed by atoms with E-state index in [0.29, 0.717) is 23.6 Å². The van der Waals surface area contributed by atoms with Crippen LogP contribution in [0.3, 0.4) is 0 Å². The fraction of sp³-hybridized carbons (Fsp3) is 0.391. The van der Waals surface area contributed by atoms with E-state index in [1.165, 1.54) is 7.11 Å². The van der Waals surface area contributed by atoms with E-state index in [1.807, 2.05) is 31.2 Å². The lowest BCUT2D eigenvalue weighted by Crippen LogP contribution is -2.29. The Bertz CT molecular complexity index is 865. The van der Waals surface area contributed by atoms with Crippen molar-refractivity contribution in [3.05, 3.63) is 53.6 Å². The second-order valence-corrected chi connectivity index (χ2v) is 7.02. The van der Waals surface area contributed by atoms with Crippen molar-refractivity contribution in [1.82, 2.24) is 0 Å². The summed E-state index contributed by atoms with van der Waals surface area (Å²) >= 11 is 0. The average molecular weight is 431 g/mol. The maximum Gasteiger partial charge on any atom is 0.411 e. The lowest BCUT2D eigenvalue weighted by atomic mass is 10.1. The predicted octanol–water partition coefficient (Wildman–Crippen LogP) is 4.26. The predicted molar refractivity (Wildman–Crippen MR) is 116 cm³/mol. The number of carbonyl (C=O) groups excluding carboxylic acids is 1. The topological polar surface area (TPSA) is 103 Å². The second kappa shape index (κ2) is 11.8. The number of nitrogens with one attached hydrogen (secondary N) is 1. The van der Waals surface area contributed by atoms with Gasteiger partial charge in [0.15, 0.2) is 6.10 Å². The zero-order valence-corrected chi connectivity index (χ0v) is 18.2. The Labute approximate surface area is 182 Å². The molecule has 8 heteroatoms. The van der Waals surface area contributed by atoms with Crippen molar-refractivity contribution in [2.75, 3.05) is 19.0 Å². The van der Waals surface area contributed by atoms with Crippen molar-refractivity contribution in [1.29, 1.82) is 0 Å². The van der Waals surface area contributed by atoms with Gasteiger partial charge in [0.2, 0.25) is 0 Å². The van der Waals surface area contributed by atoms with Gasteiger partial charge < -0.3 is 24.1 Å².